The van der Waals surface area contributed by atoms with Gasteiger partial charge in [-0.15, -0.1) is 0 Å². The molecule has 8 heteroatoms. The summed E-state index contributed by atoms with van der Waals surface area (Å²) in [4.78, 5) is 12.4. The van der Waals surface area contributed by atoms with Crippen molar-refractivity contribution in [3.63, 3.8) is 0 Å². The molecule has 1 amide bonds. The Kier molecular flexibility index (Phi) is 6.37. The number of rotatable bonds is 7. The summed E-state index contributed by atoms with van der Waals surface area (Å²) in [6, 6.07) is 18.1. The lowest BCUT2D eigenvalue weighted by molar-refractivity contribution is -0.122. The van der Waals surface area contributed by atoms with E-state index in [-0.39, 0.29) is 4.90 Å². The van der Waals surface area contributed by atoms with Crippen molar-refractivity contribution in [3.05, 3.63) is 84.2 Å². The van der Waals surface area contributed by atoms with Crippen LogP contribution in [0.15, 0.2) is 77.7 Å². The third-order valence-electron chi connectivity index (χ3n) is 4.23. The highest BCUT2D eigenvalue weighted by Crippen LogP contribution is 2.19. The highest BCUT2D eigenvalue weighted by molar-refractivity contribution is 7.92. The van der Waals surface area contributed by atoms with E-state index in [4.69, 9.17) is 4.74 Å². The number of carbonyl (C=O) groups excluding carboxylic acids is 1. The molecule has 0 unspecified atom stereocenters. The van der Waals surface area contributed by atoms with Crippen LogP contribution < -0.4 is 14.8 Å². The topological polar surface area (TPSA) is 84.5 Å². The smallest absolute Gasteiger partial charge is 0.265 e. The molecule has 0 aromatic heterocycles. The van der Waals surface area contributed by atoms with E-state index in [1.807, 2.05) is 19.1 Å². The minimum absolute atomic E-state index is 0.0664. The van der Waals surface area contributed by atoms with Gasteiger partial charge in [-0.1, -0.05) is 17.7 Å². The summed E-state index contributed by atoms with van der Waals surface area (Å²) in [5.74, 6) is -0.457. The van der Waals surface area contributed by atoms with Gasteiger partial charge in [0.15, 0.2) is 6.10 Å². The zero-order valence-corrected chi connectivity index (χ0v) is 17.2. The number of aryl methyl sites for hydroxylation is 1. The molecule has 0 saturated carbocycles. The molecule has 3 aromatic carbocycles. The lowest BCUT2D eigenvalue weighted by atomic mass is 10.2. The lowest BCUT2D eigenvalue weighted by Crippen LogP contribution is -2.30. The van der Waals surface area contributed by atoms with Gasteiger partial charge in [-0.2, -0.15) is 0 Å². The Hall–Kier alpha value is -3.39. The predicted molar refractivity (Wildman–Crippen MR) is 114 cm³/mol. The van der Waals surface area contributed by atoms with Crippen molar-refractivity contribution >= 4 is 27.3 Å². The monoisotopic (exact) mass is 428 g/mol. The molecule has 0 bridgehead atoms. The number of nitrogens with one attached hydrogen (secondary N) is 2. The summed E-state index contributed by atoms with van der Waals surface area (Å²) < 4.78 is 45.9. The number of hydrogen-bond acceptors (Lipinski definition) is 4. The first-order valence-corrected chi connectivity index (χ1v) is 10.6. The summed E-state index contributed by atoms with van der Waals surface area (Å²) in [6.45, 7) is 3.47. The Balaban J connectivity index is 1.62. The molecule has 0 aliphatic heterocycles. The Labute approximate surface area is 174 Å². The van der Waals surface area contributed by atoms with E-state index in [1.165, 1.54) is 48.5 Å². The van der Waals surface area contributed by atoms with Crippen LogP contribution in [0.4, 0.5) is 15.8 Å². The zero-order valence-electron chi connectivity index (χ0n) is 16.4. The Bertz CT molecular complexity index is 1110. The molecule has 0 radical (unpaired) electrons. The second-order valence-corrected chi connectivity index (χ2v) is 8.38. The van der Waals surface area contributed by atoms with Crippen LogP contribution in [0.3, 0.4) is 0 Å². The summed E-state index contributed by atoms with van der Waals surface area (Å²) in [7, 11) is -3.75. The maximum atomic E-state index is 12.9. The fourth-order valence-electron chi connectivity index (χ4n) is 2.57. The van der Waals surface area contributed by atoms with Crippen LogP contribution in [-0.2, 0) is 14.8 Å². The number of hydrogen-bond donors (Lipinski definition) is 2. The fourth-order valence-corrected chi connectivity index (χ4v) is 3.63. The number of halogens is 1. The Morgan fingerprint density at radius 1 is 0.900 bits per heavy atom. The van der Waals surface area contributed by atoms with Gasteiger partial charge < -0.3 is 10.1 Å². The van der Waals surface area contributed by atoms with Gasteiger partial charge in [0, 0.05) is 11.4 Å². The van der Waals surface area contributed by atoms with Gasteiger partial charge in [0.25, 0.3) is 15.9 Å². The first kappa shape index (κ1) is 21.3. The Morgan fingerprint density at radius 3 is 2.07 bits per heavy atom. The predicted octanol–water partition coefficient (Wildman–Crippen LogP) is 4.34. The molecule has 0 fully saturated rings. The molecule has 0 saturated heterocycles. The van der Waals surface area contributed by atoms with Crippen LogP contribution in [0.5, 0.6) is 5.75 Å². The van der Waals surface area contributed by atoms with Crippen molar-refractivity contribution < 1.29 is 22.3 Å². The van der Waals surface area contributed by atoms with Crippen molar-refractivity contribution in [1.82, 2.24) is 0 Å². The first-order chi connectivity index (χ1) is 14.2. The SMILES string of the molecule is Cc1ccc(NS(=O)(=O)c2ccc(NC(=O)[C@H](C)Oc3ccc(F)cc3)cc2)cc1. The van der Waals surface area contributed by atoms with Gasteiger partial charge in [0.05, 0.1) is 4.90 Å². The van der Waals surface area contributed by atoms with E-state index in [2.05, 4.69) is 10.0 Å². The fraction of sp³-hybridized carbons (Fsp3) is 0.136. The molecular formula is C22H21FN2O4S. The molecule has 1 atom stereocenters. The van der Waals surface area contributed by atoms with Gasteiger partial charge in [0.2, 0.25) is 0 Å². The number of sulfonamides is 1. The van der Waals surface area contributed by atoms with Gasteiger partial charge >= 0.3 is 0 Å². The Morgan fingerprint density at radius 2 is 1.47 bits per heavy atom. The van der Waals surface area contributed by atoms with Gasteiger partial charge in [-0.3, -0.25) is 9.52 Å². The molecule has 6 nitrogen and oxygen atoms in total. The summed E-state index contributed by atoms with van der Waals surface area (Å²) in [6.07, 6.45) is -0.831. The summed E-state index contributed by atoms with van der Waals surface area (Å²) in [5, 5.41) is 2.65. The van der Waals surface area contributed by atoms with Gasteiger partial charge in [-0.25, -0.2) is 12.8 Å². The number of anilines is 2. The molecule has 2 N–H and O–H groups in total. The van der Waals surface area contributed by atoms with Crippen molar-refractivity contribution in [2.45, 2.75) is 24.8 Å². The molecule has 0 spiro atoms. The zero-order chi connectivity index (χ0) is 21.7. The van der Waals surface area contributed by atoms with Crippen LogP contribution in [0, 0.1) is 12.7 Å². The largest absolute Gasteiger partial charge is 0.481 e. The van der Waals surface area contributed by atoms with Crippen molar-refractivity contribution in [3.8, 4) is 5.75 Å². The van der Waals surface area contributed by atoms with Crippen molar-refractivity contribution in [2.75, 3.05) is 10.0 Å². The van der Waals surface area contributed by atoms with Crippen molar-refractivity contribution in [2.24, 2.45) is 0 Å². The highest BCUT2D eigenvalue weighted by Gasteiger charge is 2.17. The molecular weight excluding hydrogens is 407 g/mol. The second kappa shape index (κ2) is 8.96. The molecule has 3 rings (SSSR count). The first-order valence-electron chi connectivity index (χ1n) is 9.15. The number of carbonyl (C=O) groups is 1. The summed E-state index contributed by atoms with van der Waals surface area (Å²) >= 11 is 0. The molecule has 0 aliphatic carbocycles. The average molecular weight is 428 g/mol. The van der Waals surface area contributed by atoms with E-state index >= 15 is 0 Å². The van der Waals surface area contributed by atoms with Crippen LogP contribution in [-0.4, -0.2) is 20.4 Å². The van der Waals surface area contributed by atoms with Crippen molar-refractivity contribution in [1.29, 1.82) is 0 Å². The van der Waals surface area contributed by atoms with Gasteiger partial charge in [0.1, 0.15) is 11.6 Å². The third-order valence-corrected chi connectivity index (χ3v) is 5.63. The second-order valence-electron chi connectivity index (χ2n) is 6.70. The van der Waals surface area contributed by atoms with E-state index in [1.54, 1.807) is 19.1 Å². The molecule has 0 aliphatic rings. The van der Waals surface area contributed by atoms with E-state index in [0.29, 0.717) is 17.1 Å². The minimum atomic E-state index is -3.75. The summed E-state index contributed by atoms with van der Waals surface area (Å²) in [5.41, 5.74) is 1.91. The van der Waals surface area contributed by atoms with Gasteiger partial charge in [-0.05, 0) is 74.5 Å². The standard InChI is InChI=1S/C22H21FN2O4S/c1-15-3-7-19(8-4-15)25-30(27,28)21-13-9-18(10-14-21)24-22(26)16(2)29-20-11-5-17(23)6-12-20/h3-14,16,25H,1-2H3,(H,24,26)/t16-/m0/s1. The number of ether oxygens (including phenoxy) is 1. The van der Waals surface area contributed by atoms with Crippen LogP contribution in [0.1, 0.15) is 12.5 Å². The highest BCUT2D eigenvalue weighted by atomic mass is 32.2. The number of benzene rings is 3. The molecule has 3 aromatic rings. The average Bonchev–Trinajstić information content (AvgIpc) is 2.71. The van der Waals surface area contributed by atoms with E-state index in [9.17, 15) is 17.6 Å². The lowest BCUT2D eigenvalue weighted by Gasteiger charge is -2.15. The molecule has 0 heterocycles. The third kappa shape index (κ3) is 5.57. The normalized spacial score (nSPS) is 12.1. The number of amides is 1. The maximum Gasteiger partial charge on any atom is 0.265 e. The van der Waals surface area contributed by atoms with Crippen LogP contribution in [0.2, 0.25) is 0 Å². The van der Waals surface area contributed by atoms with E-state index in [0.717, 1.165) is 5.56 Å². The maximum absolute atomic E-state index is 12.9. The quantitative estimate of drug-likeness (QED) is 0.586. The van der Waals surface area contributed by atoms with E-state index < -0.39 is 27.9 Å². The minimum Gasteiger partial charge on any atom is -0.481 e. The van der Waals surface area contributed by atoms with Crippen LogP contribution in [0.25, 0.3) is 0 Å². The molecule has 30 heavy (non-hydrogen) atoms. The van der Waals surface area contributed by atoms with Crippen LogP contribution >= 0.6 is 0 Å². The molecule has 156 valence electrons.